The molecule has 0 saturated heterocycles. The van der Waals surface area contributed by atoms with Gasteiger partial charge < -0.3 is 11.5 Å². The highest BCUT2D eigenvalue weighted by Gasteiger charge is 2.19. The van der Waals surface area contributed by atoms with E-state index in [2.05, 4.69) is 4.99 Å². The van der Waals surface area contributed by atoms with Crippen molar-refractivity contribution in [3.63, 3.8) is 0 Å². The Morgan fingerprint density at radius 2 is 1.80 bits per heavy atom. The molecule has 1 aliphatic rings. The van der Waals surface area contributed by atoms with Crippen molar-refractivity contribution in [3.05, 3.63) is 75.9 Å². The molecule has 2 aromatic carbocycles. The highest BCUT2D eigenvalue weighted by molar-refractivity contribution is 6.02. The van der Waals surface area contributed by atoms with Crippen molar-refractivity contribution in [1.29, 1.82) is 0 Å². The van der Waals surface area contributed by atoms with E-state index in [-0.39, 0.29) is 5.96 Å². The van der Waals surface area contributed by atoms with Crippen LogP contribution in [0.1, 0.15) is 39.0 Å². The number of carbonyl (C=O) groups is 1. The Labute approximate surface area is 143 Å². The molecular weight excluding hydrogens is 324 g/mol. The first-order valence-corrected chi connectivity index (χ1v) is 7.80. The first kappa shape index (κ1) is 16.8. The molecule has 0 unspecified atom stereocenters. The summed E-state index contributed by atoms with van der Waals surface area (Å²) >= 11 is 0. The Bertz CT molecular complexity index is 929. The predicted octanol–water partition coefficient (Wildman–Crippen LogP) is 3.06. The second-order valence-corrected chi connectivity index (χ2v) is 5.95. The number of aliphatic imine (C=N–C) groups is 1. The van der Waals surface area contributed by atoms with Gasteiger partial charge in [0, 0.05) is 5.56 Å². The second-order valence-electron chi connectivity index (χ2n) is 5.95. The summed E-state index contributed by atoms with van der Waals surface area (Å²) in [6.45, 7) is 1.72. The summed E-state index contributed by atoms with van der Waals surface area (Å²) in [5.74, 6) is -2.64. The molecule has 1 aliphatic carbocycles. The van der Waals surface area contributed by atoms with Gasteiger partial charge in [-0.05, 0) is 71.9 Å². The number of allylic oxidation sites excluding steroid dienone is 1. The number of hydrogen-bond donors (Lipinski definition) is 2. The normalized spacial score (nSPS) is 13.0. The number of aryl methyl sites for hydroxylation is 2. The zero-order chi connectivity index (χ0) is 18.1. The third-order valence-electron chi connectivity index (χ3n) is 4.20. The Balaban J connectivity index is 2.12. The molecule has 4 nitrogen and oxygen atoms in total. The fraction of sp³-hybridized carbons (Fsp3) is 0.158. The minimum absolute atomic E-state index is 0.310. The quantitative estimate of drug-likeness (QED) is 0.651. The minimum Gasteiger partial charge on any atom is -0.370 e. The number of rotatable bonds is 2. The van der Waals surface area contributed by atoms with E-state index in [0.29, 0.717) is 16.7 Å². The van der Waals surface area contributed by atoms with Crippen molar-refractivity contribution in [2.24, 2.45) is 16.5 Å². The molecule has 6 heteroatoms. The summed E-state index contributed by atoms with van der Waals surface area (Å²) < 4.78 is 27.2. The van der Waals surface area contributed by atoms with Gasteiger partial charge in [0.05, 0.1) is 0 Å². The first-order valence-electron chi connectivity index (χ1n) is 7.80. The molecule has 0 heterocycles. The lowest BCUT2D eigenvalue weighted by Crippen LogP contribution is -2.24. The Morgan fingerprint density at radius 3 is 2.52 bits per heavy atom. The molecule has 2 aromatic rings. The number of nitrogens with two attached hydrogens (primary N) is 2. The minimum atomic E-state index is -0.902. The maximum atomic E-state index is 13.7. The molecule has 0 fully saturated rings. The maximum Gasteiger partial charge on any atom is 0.280 e. The fourth-order valence-electron chi connectivity index (χ4n) is 3.03. The summed E-state index contributed by atoms with van der Waals surface area (Å²) in [4.78, 5) is 15.6. The average Bonchev–Trinajstić information content (AvgIpc) is 2.56. The molecule has 1 amide bonds. The standard InChI is InChI=1S/C19H17F2N3O/c1-10-7-16(20)17(21)9-14(10)13-4-2-3-11-5-6-12(8-15(11)13)18(25)24-19(22)23/h4-9H,2-3H2,1H3,(H4,22,23,24,25). The van der Waals surface area contributed by atoms with Crippen LogP contribution < -0.4 is 11.5 Å². The Hall–Kier alpha value is -3.02. The molecular formula is C19H17F2N3O. The second kappa shape index (κ2) is 6.47. The van der Waals surface area contributed by atoms with E-state index in [1.807, 2.05) is 12.1 Å². The largest absolute Gasteiger partial charge is 0.370 e. The summed E-state index contributed by atoms with van der Waals surface area (Å²) in [6.07, 6.45) is 3.55. The third kappa shape index (κ3) is 3.28. The fourth-order valence-corrected chi connectivity index (χ4v) is 3.03. The van der Waals surface area contributed by atoms with Gasteiger partial charge in [-0.15, -0.1) is 0 Å². The topological polar surface area (TPSA) is 81.5 Å². The SMILES string of the molecule is Cc1cc(F)c(F)cc1C1=CCCc2ccc(C(=O)N=C(N)N)cc21. The molecule has 0 aliphatic heterocycles. The van der Waals surface area contributed by atoms with Crippen molar-refractivity contribution < 1.29 is 13.6 Å². The van der Waals surface area contributed by atoms with E-state index < -0.39 is 17.5 Å². The van der Waals surface area contributed by atoms with Gasteiger partial charge in [0.15, 0.2) is 17.6 Å². The molecule has 0 bridgehead atoms. The summed E-state index contributed by atoms with van der Waals surface area (Å²) in [7, 11) is 0. The number of carbonyl (C=O) groups excluding carboxylic acids is 1. The van der Waals surface area contributed by atoms with Crippen LogP contribution in [0.2, 0.25) is 0 Å². The number of hydrogen-bond acceptors (Lipinski definition) is 1. The van der Waals surface area contributed by atoms with Crippen LogP contribution >= 0.6 is 0 Å². The summed E-state index contributed by atoms with van der Waals surface area (Å²) in [5.41, 5.74) is 14.7. The number of fused-ring (bicyclic) bond motifs is 1. The number of halogens is 2. The van der Waals surface area contributed by atoms with Crippen LogP contribution in [0.4, 0.5) is 8.78 Å². The number of benzene rings is 2. The lowest BCUT2D eigenvalue weighted by molar-refractivity contribution is 0.100. The number of guanidine groups is 1. The van der Waals surface area contributed by atoms with E-state index in [0.717, 1.165) is 29.5 Å². The highest BCUT2D eigenvalue weighted by Crippen LogP contribution is 2.34. The molecule has 128 valence electrons. The van der Waals surface area contributed by atoms with Crippen molar-refractivity contribution in [1.82, 2.24) is 0 Å². The van der Waals surface area contributed by atoms with Gasteiger partial charge >= 0.3 is 0 Å². The van der Waals surface area contributed by atoms with E-state index in [9.17, 15) is 13.6 Å². The molecule has 0 saturated carbocycles. The lowest BCUT2D eigenvalue weighted by atomic mass is 9.84. The van der Waals surface area contributed by atoms with Gasteiger partial charge in [0.1, 0.15) is 0 Å². The molecule has 0 radical (unpaired) electrons. The number of amides is 1. The van der Waals surface area contributed by atoms with Crippen molar-refractivity contribution in [2.45, 2.75) is 19.8 Å². The van der Waals surface area contributed by atoms with Crippen LogP contribution in [0.3, 0.4) is 0 Å². The Morgan fingerprint density at radius 1 is 1.08 bits per heavy atom. The zero-order valence-corrected chi connectivity index (χ0v) is 13.6. The van der Waals surface area contributed by atoms with Gasteiger partial charge in [-0.3, -0.25) is 4.79 Å². The van der Waals surface area contributed by atoms with E-state index in [4.69, 9.17) is 11.5 Å². The van der Waals surface area contributed by atoms with Crippen LogP contribution in [0.15, 0.2) is 41.4 Å². The van der Waals surface area contributed by atoms with Crippen molar-refractivity contribution in [2.75, 3.05) is 0 Å². The van der Waals surface area contributed by atoms with Gasteiger partial charge in [0.2, 0.25) is 0 Å². The predicted molar refractivity (Wildman–Crippen MR) is 93.1 cm³/mol. The third-order valence-corrected chi connectivity index (χ3v) is 4.20. The summed E-state index contributed by atoms with van der Waals surface area (Å²) in [5, 5.41) is 0. The van der Waals surface area contributed by atoms with Crippen LogP contribution in [0.5, 0.6) is 0 Å². The van der Waals surface area contributed by atoms with Crippen LogP contribution in [-0.4, -0.2) is 11.9 Å². The molecule has 4 N–H and O–H groups in total. The molecule has 3 rings (SSSR count). The van der Waals surface area contributed by atoms with Gasteiger partial charge in [-0.2, -0.15) is 4.99 Å². The van der Waals surface area contributed by atoms with E-state index >= 15 is 0 Å². The smallest absolute Gasteiger partial charge is 0.280 e. The van der Waals surface area contributed by atoms with Crippen LogP contribution in [0, 0.1) is 18.6 Å². The van der Waals surface area contributed by atoms with Crippen LogP contribution in [0.25, 0.3) is 5.57 Å². The zero-order valence-electron chi connectivity index (χ0n) is 13.6. The maximum absolute atomic E-state index is 13.7. The van der Waals surface area contributed by atoms with Crippen molar-refractivity contribution in [3.8, 4) is 0 Å². The monoisotopic (exact) mass is 341 g/mol. The lowest BCUT2D eigenvalue weighted by Gasteiger charge is -2.20. The number of nitrogens with zero attached hydrogens (tertiary/aromatic N) is 1. The summed E-state index contributed by atoms with van der Waals surface area (Å²) in [6, 6.07) is 7.56. The van der Waals surface area contributed by atoms with E-state index in [1.54, 1.807) is 19.1 Å². The Kier molecular flexibility index (Phi) is 4.35. The van der Waals surface area contributed by atoms with E-state index in [1.165, 1.54) is 12.1 Å². The van der Waals surface area contributed by atoms with Gasteiger partial charge in [-0.1, -0.05) is 12.1 Å². The molecule has 0 aromatic heterocycles. The average molecular weight is 341 g/mol. The van der Waals surface area contributed by atoms with Crippen molar-refractivity contribution >= 4 is 17.4 Å². The highest BCUT2D eigenvalue weighted by atomic mass is 19.2. The molecule has 0 spiro atoms. The van der Waals surface area contributed by atoms with Gasteiger partial charge in [0.25, 0.3) is 5.91 Å². The van der Waals surface area contributed by atoms with Crippen LogP contribution in [-0.2, 0) is 6.42 Å². The molecule has 25 heavy (non-hydrogen) atoms. The van der Waals surface area contributed by atoms with Gasteiger partial charge in [-0.25, -0.2) is 8.78 Å². The molecule has 0 atom stereocenters. The first-order chi connectivity index (χ1) is 11.9.